The maximum atomic E-state index is 13.7. The van der Waals surface area contributed by atoms with Gasteiger partial charge in [-0.2, -0.15) is 9.97 Å². The Bertz CT molecular complexity index is 1300. The Morgan fingerprint density at radius 3 is 2.81 bits per heavy atom. The SMILES string of the molecule is CCC[S+]([O-])c1nc(N[C@@H]2C[C@H]2c2ccc(F)c(F)c2)c2nnn([C@@H]3C[C@H](C(=O)O)O[C@H]3CO)c2n1. The van der Waals surface area contributed by atoms with Crippen LogP contribution in [0.5, 0.6) is 0 Å². The van der Waals surface area contributed by atoms with Crippen molar-refractivity contribution < 1.29 is 33.1 Å². The summed E-state index contributed by atoms with van der Waals surface area (Å²) in [4.78, 5) is 20.3. The van der Waals surface area contributed by atoms with E-state index in [1.165, 1.54) is 16.8 Å². The zero-order valence-corrected chi connectivity index (χ0v) is 20.0. The number of halogens is 2. The molecule has 0 radical (unpaired) electrons. The lowest BCUT2D eigenvalue weighted by molar-refractivity contribution is -0.150. The largest absolute Gasteiger partial charge is 0.609 e. The van der Waals surface area contributed by atoms with Crippen LogP contribution in [0.2, 0.25) is 0 Å². The number of hydrogen-bond acceptors (Lipinski definition) is 9. The number of anilines is 1. The van der Waals surface area contributed by atoms with Crippen LogP contribution < -0.4 is 5.32 Å². The summed E-state index contributed by atoms with van der Waals surface area (Å²) in [7, 11) is 0. The van der Waals surface area contributed by atoms with Crippen molar-refractivity contribution in [3.05, 3.63) is 35.4 Å². The average Bonchev–Trinajstić information content (AvgIpc) is 3.27. The van der Waals surface area contributed by atoms with Crippen molar-refractivity contribution in [1.29, 1.82) is 0 Å². The van der Waals surface area contributed by atoms with Crippen LogP contribution in [0, 0.1) is 11.6 Å². The van der Waals surface area contributed by atoms with Crippen molar-refractivity contribution >= 4 is 34.1 Å². The molecule has 36 heavy (non-hydrogen) atoms. The van der Waals surface area contributed by atoms with Crippen LogP contribution in [0.15, 0.2) is 23.4 Å². The molecular weight excluding hydrogens is 498 g/mol. The van der Waals surface area contributed by atoms with Gasteiger partial charge in [0.2, 0.25) is 0 Å². The summed E-state index contributed by atoms with van der Waals surface area (Å²) in [5.41, 5.74) is 1.15. The van der Waals surface area contributed by atoms with E-state index < -0.39 is 53.6 Å². The fourth-order valence-corrected chi connectivity index (χ4v) is 5.40. The van der Waals surface area contributed by atoms with Crippen LogP contribution in [-0.4, -0.2) is 76.3 Å². The first kappa shape index (κ1) is 24.7. The Morgan fingerprint density at radius 1 is 1.31 bits per heavy atom. The third-order valence-corrected chi connectivity index (χ3v) is 7.74. The van der Waals surface area contributed by atoms with Gasteiger partial charge in [-0.15, -0.1) is 5.10 Å². The topological polar surface area (TPSA) is 158 Å². The second kappa shape index (κ2) is 9.84. The normalized spacial score (nSPS) is 26.3. The van der Waals surface area contributed by atoms with E-state index in [1.54, 1.807) is 0 Å². The predicted octanol–water partition coefficient (Wildman–Crippen LogP) is 1.76. The quantitative estimate of drug-likeness (QED) is 0.279. The molecule has 3 heterocycles. The number of hydrogen-bond donors (Lipinski definition) is 3. The van der Waals surface area contributed by atoms with Crippen molar-refractivity contribution in [2.45, 2.75) is 61.6 Å². The zero-order chi connectivity index (χ0) is 25.6. The van der Waals surface area contributed by atoms with E-state index >= 15 is 0 Å². The van der Waals surface area contributed by atoms with Crippen LogP contribution in [0.4, 0.5) is 14.6 Å². The summed E-state index contributed by atoms with van der Waals surface area (Å²) in [6.07, 6.45) is -0.643. The summed E-state index contributed by atoms with van der Waals surface area (Å²) in [5, 5.41) is 30.8. The smallest absolute Gasteiger partial charge is 0.346 e. The number of benzene rings is 1. The molecule has 2 fully saturated rings. The van der Waals surface area contributed by atoms with Crippen LogP contribution in [0.1, 0.15) is 43.7 Å². The fourth-order valence-electron chi connectivity index (χ4n) is 4.46. The van der Waals surface area contributed by atoms with Gasteiger partial charge in [0.05, 0.1) is 12.6 Å². The van der Waals surface area contributed by atoms with Gasteiger partial charge in [-0.1, -0.05) is 18.2 Å². The van der Waals surface area contributed by atoms with Gasteiger partial charge in [0.15, 0.2) is 34.7 Å². The lowest BCUT2D eigenvalue weighted by Gasteiger charge is -2.16. The monoisotopic (exact) mass is 522 g/mol. The number of aromatic nitrogens is 5. The molecule has 1 aromatic carbocycles. The Hall–Kier alpha value is -2.94. The summed E-state index contributed by atoms with van der Waals surface area (Å²) < 4.78 is 46.7. The fraction of sp³-hybridized carbons (Fsp3) is 0.500. The average molecular weight is 523 g/mol. The molecule has 1 aliphatic carbocycles. The number of aliphatic hydroxyl groups excluding tert-OH is 1. The van der Waals surface area contributed by atoms with Crippen LogP contribution in [-0.2, 0) is 20.7 Å². The van der Waals surface area contributed by atoms with E-state index in [0.717, 1.165) is 6.07 Å². The van der Waals surface area contributed by atoms with Crippen LogP contribution >= 0.6 is 0 Å². The summed E-state index contributed by atoms with van der Waals surface area (Å²) in [6, 6.07) is 2.98. The van der Waals surface area contributed by atoms with Gasteiger partial charge in [0, 0.05) is 29.6 Å². The molecule has 2 aromatic heterocycles. The summed E-state index contributed by atoms with van der Waals surface area (Å²) in [5.74, 6) is -2.44. The van der Waals surface area contributed by atoms with Gasteiger partial charge in [0.25, 0.3) is 0 Å². The Balaban J connectivity index is 1.48. The number of carbonyl (C=O) groups is 1. The first-order chi connectivity index (χ1) is 17.3. The van der Waals surface area contributed by atoms with E-state index in [1.807, 2.05) is 6.92 Å². The number of aliphatic hydroxyl groups is 1. The van der Waals surface area contributed by atoms with Crippen molar-refractivity contribution in [3.63, 3.8) is 0 Å². The van der Waals surface area contributed by atoms with Crippen molar-refractivity contribution in [1.82, 2.24) is 25.0 Å². The highest BCUT2D eigenvalue weighted by Gasteiger charge is 2.43. The molecule has 1 saturated heterocycles. The molecule has 11 nitrogen and oxygen atoms in total. The molecule has 2 aliphatic rings. The number of aliphatic carboxylic acids is 1. The van der Waals surface area contributed by atoms with Crippen molar-refractivity contribution in [2.24, 2.45) is 0 Å². The zero-order valence-electron chi connectivity index (χ0n) is 19.2. The van der Waals surface area contributed by atoms with Gasteiger partial charge in [-0.25, -0.2) is 18.3 Å². The molecular formula is C22H24F2N6O5S. The first-order valence-electron chi connectivity index (χ1n) is 11.5. The van der Waals surface area contributed by atoms with E-state index in [4.69, 9.17) is 4.74 Å². The molecule has 14 heteroatoms. The minimum atomic E-state index is -1.51. The molecule has 1 unspecified atom stereocenters. The van der Waals surface area contributed by atoms with Gasteiger partial charge in [0.1, 0.15) is 11.9 Å². The number of carboxylic acid groups (broad SMARTS) is 1. The second-order valence-electron chi connectivity index (χ2n) is 8.86. The van der Waals surface area contributed by atoms with Gasteiger partial charge >= 0.3 is 11.1 Å². The Labute approximate surface area is 207 Å². The third kappa shape index (κ3) is 4.61. The lowest BCUT2D eigenvalue weighted by Crippen LogP contribution is -2.25. The summed E-state index contributed by atoms with van der Waals surface area (Å²) in [6.45, 7) is 1.45. The summed E-state index contributed by atoms with van der Waals surface area (Å²) >= 11 is -1.51. The highest BCUT2D eigenvalue weighted by atomic mass is 32.2. The Morgan fingerprint density at radius 2 is 2.11 bits per heavy atom. The standard InChI is InChI=1S/C22H24F2N6O5S/c1-2-5-36(34)22-26-19(25-14-7-11(14)10-3-4-12(23)13(24)6-10)18-20(27-22)30(29-28-18)15-8-16(21(32)33)35-17(15)9-31/h3-4,6,11,14-17,31H,2,5,7-9H2,1H3,(H,32,33)(H,25,26,27)/t11-,14+,15+,16+,17-,36?/m0/s1. The van der Waals surface area contributed by atoms with Crippen LogP contribution in [0.3, 0.4) is 0 Å². The highest BCUT2D eigenvalue weighted by molar-refractivity contribution is 7.91. The number of ether oxygens (including phenoxy) is 1. The molecule has 0 bridgehead atoms. The number of nitrogens with one attached hydrogen (secondary N) is 1. The van der Waals surface area contributed by atoms with E-state index in [-0.39, 0.29) is 40.5 Å². The lowest BCUT2D eigenvalue weighted by atomic mass is 10.1. The van der Waals surface area contributed by atoms with Gasteiger partial charge in [-0.3, -0.25) is 0 Å². The molecule has 6 atom stereocenters. The number of rotatable bonds is 9. The molecule has 3 aromatic rings. The molecule has 1 saturated carbocycles. The minimum absolute atomic E-state index is 0.0417. The first-order valence-corrected chi connectivity index (χ1v) is 12.8. The predicted molar refractivity (Wildman–Crippen MR) is 123 cm³/mol. The maximum Gasteiger partial charge on any atom is 0.346 e. The van der Waals surface area contributed by atoms with Crippen LogP contribution in [0.25, 0.3) is 11.2 Å². The molecule has 192 valence electrons. The number of nitrogens with zero attached hydrogens (tertiary/aromatic N) is 5. The second-order valence-corrected chi connectivity index (χ2v) is 10.3. The minimum Gasteiger partial charge on any atom is -0.609 e. The maximum absolute atomic E-state index is 13.7. The van der Waals surface area contributed by atoms with Crippen molar-refractivity contribution in [2.75, 3.05) is 17.7 Å². The van der Waals surface area contributed by atoms with E-state index in [2.05, 4.69) is 25.6 Å². The molecule has 0 spiro atoms. The Kier molecular flexibility index (Phi) is 6.76. The van der Waals surface area contributed by atoms with Crippen molar-refractivity contribution in [3.8, 4) is 0 Å². The van der Waals surface area contributed by atoms with Gasteiger partial charge in [-0.05, 0) is 30.5 Å². The molecule has 5 rings (SSSR count). The molecule has 0 amide bonds. The van der Waals surface area contributed by atoms with E-state index in [9.17, 15) is 28.3 Å². The van der Waals surface area contributed by atoms with E-state index in [0.29, 0.717) is 24.2 Å². The third-order valence-electron chi connectivity index (χ3n) is 6.37. The number of fused-ring (bicyclic) bond motifs is 1. The molecule has 1 aliphatic heterocycles. The highest BCUT2D eigenvalue weighted by Crippen LogP contribution is 2.44. The number of carboxylic acids is 1. The molecule has 3 N–H and O–H groups in total. The van der Waals surface area contributed by atoms with Gasteiger partial charge < -0.3 is 24.8 Å².